The van der Waals surface area contributed by atoms with E-state index in [9.17, 15) is 0 Å². The van der Waals surface area contributed by atoms with E-state index in [0.717, 1.165) is 19.3 Å². The Bertz CT molecular complexity index is 3860. The molecule has 9 aromatic carbocycles. The minimum Gasteiger partial charge on any atom is -0.334 e. The van der Waals surface area contributed by atoms with Crippen LogP contribution in [0.25, 0.3) is 11.1 Å². The van der Waals surface area contributed by atoms with E-state index in [-0.39, 0.29) is 39.8 Å². The van der Waals surface area contributed by atoms with Gasteiger partial charge in [0.2, 0.25) is 0 Å². The topological polar surface area (TPSA) is 9.72 Å². The normalized spacial score (nSPS) is 18.7. The Morgan fingerprint density at radius 3 is 1.67 bits per heavy atom. The maximum atomic E-state index is 2.80. The minimum absolute atomic E-state index is 0.0115. The quantitative estimate of drug-likeness (QED) is 0.140. The molecule has 81 heavy (non-hydrogen) atoms. The van der Waals surface area contributed by atoms with Crippen LogP contribution >= 0.6 is 0 Å². The second-order valence-electron chi connectivity index (χ2n) is 27.8. The molecule has 0 N–H and O–H groups in total. The Hall–Kier alpha value is -7.56. The highest BCUT2D eigenvalue weighted by Crippen LogP contribution is 2.62. The fourth-order valence-electron chi connectivity index (χ4n) is 14.8. The lowest BCUT2D eigenvalue weighted by Crippen LogP contribution is -2.61. The number of fused-ring (bicyclic) bond motifs is 7. The molecule has 0 aromatic heterocycles. The van der Waals surface area contributed by atoms with Crippen LogP contribution in [0.5, 0.6) is 0 Å². The number of aryl methyl sites for hydroxylation is 1. The summed E-state index contributed by atoms with van der Waals surface area (Å²) in [6.45, 7) is 28.5. The van der Waals surface area contributed by atoms with E-state index in [1.54, 1.807) is 0 Å². The molecule has 1 saturated carbocycles. The average Bonchev–Trinajstić information content (AvgIpc) is 3.94. The summed E-state index contributed by atoms with van der Waals surface area (Å²) >= 11 is 0. The van der Waals surface area contributed by atoms with E-state index in [1.807, 2.05) is 0 Å². The van der Waals surface area contributed by atoms with Crippen molar-refractivity contribution in [3.8, 4) is 11.1 Å². The molecule has 9 aromatic rings. The first-order valence-electron chi connectivity index (χ1n) is 30.1. The zero-order valence-corrected chi connectivity index (χ0v) is 50.1. The first-order chi connectivity index (χ1) is 38.7. The highest BCUT2D eigenvalue weighted by atomic mass is 15.3. The summed E-state index contributed by atoms with van der Waals surface area (Å²) in [4.78, 5) is 8.08. The van der Waals surface area contributed by atoms with Gasteiger partial charge in [0.25, 0.3) is 6.71 Å². The van der Waals surface area contributed by atoms with Gasteiger partial charge >= 0.3 is 0 Å². The number of rotatable bonds is 8. The molecule has 1 fully saturated rings. The molecule has 0 saturated heterocycles. The van der Waals surface area contributed by atoms with Crippen molar-refractivity contribution < 1.29 is 0 Å². The second kappa shape index (κ2) is 19.3. The molecule has 0 bridgehead atoms. The molecule has 406 valence electrons. The van der Waals surface area contributed by atoms with Crippen LogP contribution in [0, 0.1) is 6.92 Å². The van der Waals surface area contributed by atoms with Gasteiger partial charge in [0.15, 0.2) is 0 Å². The van der Waals surface area contributed by atoms with Crippen molar-refractivity contribution in [2.24, 2.45) is 0 Å². The lowest BCUT2D eigenvalue weighted by atomic mass is 9.33. The van der Waals surface area contributed by atoms with Gasteiger partial charge in [-0.1, -0.05) is 222 Å². The predicted molar refractivity (Wildman–Crippen MR) is 348 cm³/mol. The molecule has 3 nitrogen and oxygen atoms in total. The SMILES string of the molecule is Cc1cc2c3c(c1)N(c1ccc(C(C)(C)C)cc1-c1ccccc1)c1cc(C(C)(C)C)ccc1B3c1ccc(N3c4ccc(C(Cc5ccccc5)c5ccccc5)cc4C4(C)CCCCC34C)cc1N2c1ccc(C(C)(C)C)cc1. The van der Waals surface area contributed by atoms with Crippen molar-refractivity contribution in [2.75, 3.05) is 14.7 Å². The van der Waals surface area contributed by atoms with Gasteiger partial charge < -0.3 is 14.7 Å². The monoisotopic (exact) mass is 1060 g/mol. The lowest BCUT2D eigenvalue weighted by molar-refractivity contribution is 0.195. The molecular formula is C77H80BN3. The van der Waals surface area contributed by atoms with Crippen LogP contribution < -0.4 is 31.1 Å². The molecule has 4 aliphatic rings. The summed E-state index contributed by atoms with van der Waals surface area (Å²) in [5, 5.41) is 0. The number of anilines is 8. The number of benzene rings is 9. The van der Waals surface area contributed by atoms with Gasteiger partial charge in [-0.3, -0.25) is 0 Å². The van der Waals surface area contributed by atoms with Crippen molar-refractivity contribution in [3.05, 3.63) is 245 Å². The van der Waals surface area contributed by atoms with Crippen molar-refractivity contribution in [1.29, 1.82) is 0 Å². The van der Waals surface area contributed by atoms with Gasteiger partial charge in [-0.2, -0.15) is 0 Å². The molecule has 1 aliphatic carbocycles. The maximum absolute atomic E-state index is 2.80. The molecule has 13 rings (SSSR count). The zero-order valence-electron chi connectivity index (χ0n) is 50.1. The van der Waals surface area contributed by atoms with E-state index in [4.69, 9.17) is 0 Å². The van der Waals surface area contributed by atoms with Crippen molar-refractivity contribution in [1.82, 2.24) is 0 Å². The summed E-state index contributed by atoms with van der Waals surface area (Å²) in [6.07, 6.45) is 5.70. The van der Waals surface area contributed by atoms with Crippen LogP contribution in [-0.2, 0) is 28.1 Å². The molecule has 3 unspecified atom stereocenters. The Labute approximate surface area is 484 Å². The Morgan fingerprint density at radius 2 is 1.00 bits per heavy atom. The van der Waals surface area contributed by atoms with Crippen molar-refractivity contribution in [3.63, 3.8) is 0 Å². The van der Waals surface area contributed by atoms with Crippen LogP contribution in [0.3, 0.4) is 0 Å². The Kier molecular flexibility index (Phi) is 12.6. The zero-order chi connectivity index (χ0) is 56.4. The molecule has 0 radical (unpaired) electrons. The first-order valence-corrected chi connectivity index (χ1v) is 30.1. The van der Waals surface area contributed by atoms with Crippen LogP contribution in [0.2, 0.25) is 0 Å². The fraction of sp³-hybridized carbons (Fsp3) is 0.299. The third-order valence-electron chi connectivity index (χ3n) is 19.5. The van der Waals surface area contributed by atoms with Crippen molar-refractivity contribution in [2.45, 2.75) is 148 Å². The predicted octanol–water partition coefficient (Wildman–Crippen LogP) is 18.8. The molecule has 0 amide bonds. The van der Waals surface area contributed by atoms with Crippen LogP contribution in [-0.4, -0.2) is 12.3 Å². The third kappa shape index (κ3) is 8.77. The Morgan fingerprint density at radius 1 is 0.457 bits per heavy atom. The molecular weight excluding hydrogens is 978 g/mol. The van der Waals surface area contributed by atoms with Crippen molar-refractivity contribution >= 4 is 68.6 Å². The molecule has 3 atom stereocenters. The van der Waals surface area contributed by atoms with E-state index in [1.165, 1.54) is 130 Å². The number of hydrogen-bond donors (Lipinski definition) is 0. The van der Waals surface area contributed by atoms with Gasteiger partial charge in [0.05, 0.1) is 11.2 Å². The summed E-state index contributed by atoms with van der Waals surface area (Å²) in [5.74, 6) is 0.239. The molecule has 0 spiro atoms. The summed E-state index contributed by atoms with van der Waals surface area (Å²) < 4.78 is 0. The van der Waals surface area contributed by atoms with Crippen LogP contribution in [0.4, 0.5) is 45.5 Å². The van der Waals surface area contributed by atoms with Gasteiger partial charge in [0.1, 0.15) is 0 Å². The standard InChI is InChI=1S/C77H80BN3/c1-51-44-70-72-71(45-51)80(66-41-34-57(74(5,6)7)48-62(66)54-28-20-15-21-29-54)68-49-58(75(8,9)10)33-38-64(68)78(72)65-39-37-60(50-69(65)79(70)59-35-31-56(32-36-59)73(2,3)4)81-67-40-30-55(47-63(67)76(11)42-22-23-43-77(76,81)12)61(53-26-18-14-19-27-53)46-52-24-16-13-17-25-52/h13-21,24-41,44-45,47-50,61H,22-23,42-43,46H2,1-12H3. The fourth-order valence-corrected chi connectivity index (χ4v) is 14.8. The van der Waals surface area contributed by atoms with E-state index >= 15 is 0 Å². The van der Waals surface area contributed by atoms with Crippen LogP contribution in [0.1, 0.15) is 152 Å². The van der Waals surface area contributed by atoms with Crippen LogP contribution in [0.15, 0.2) is 200 Å². The average molecular weight is 1060 g/mol. The largest absolute Gasteiger partial charge is 0.334 e. The highest BCUT2D eigenvalue weighted by Gasteiger charge is 2.58. The minimum atomic E-state index is -0.141. The van der Waals surface area contributed by atoms with Gasteiger partial charge in [-0.25, -0.2) is 0 Å². The van der Waals surface area contributed by atoms with Gasteiger partial charge in [-0.05, 0) is 176 Å². The summed E-state index contributed by atoms with van der Waals surface area (Å²) in [5.41, 5.74) is 27.1. The summed E-state index contributed by atoms with van der Waals surface area (Å²) in [7, 11) is 0. The second-order valence-corrected chi connectivity index (χ2v) is 27.8. The van der Waals surface area contributed by atoms with E-state index in [2.05, 4.69) is 298 Å². The molecule has 4 heteroatoms. The number of nitrogens with zero attached hydrogens (tertiary/aromatic N) is 3. The lowest BCUT2D eigenvalue weighted by Gasteiger charge is -2.50. The number of hydrogen-bond acceptors (Lipinski definition) is 3. The van der Waals surface area contributed by atoms with Gasteiger partial charge in [0, 0.05) is 56.7 Å². The van der Waals surface area contributed by atoms with E-state index in [0.29, 0.717) is 0 Å². The third-order valence-corrected chi connectivity index (χ3v) is 19.5. The highest BCUT2D eigenvalue weighted by molar-refractivity contribution is 7.00. The smallest absolute Gasteiger partial charge is 0.252 e. The van der Waals surface area contributed by atoms with E-state index < -0.39 is 0 Å². The summed E-state index contributed by atoms with van der Waals surface area (Å²) in [6, 6.07) is 77.8. The Balaban J connectivity index is 1.04. The molecule has 3 heterocycles. The first kappa shape index (κ1) is 52.8. The molecule has 3 aliphatic heterocycles. The maximum Gasteiger partial charge on any atom is 0.252 e. The van der Waals surface area contributed by atoms with Gasteiger partial charge in [-0.15, -0.1) is 0 Å².